The molecule has 0 aromatic heterocycles. The number of carbonyl (C=O) groups excluding carboxylic acids is 2. The largest absolute Gasteiger partial charge is 0.381 e. The van der Waals surface area contributed by atoms with Gasteiger partial charge in [-0.25, -0.2) is 0 Å². The van der Waals surface area contributed by atoms with Gasteiger partial charge in [-0.05, 0) is 44.4 Å². The molecule has 0 spiro atoms. The van der Waals surface area contributed by atoms with E-state index in [1.54, 1.807) is 6.92 Å². The zero-order valence-corrected chi connectivity index (χ0v) is 14.1. The summed E-state index contributed by atoms with van der Waals surface area (Å²) < 4.78 is 5.21. The Morgan fingerprint density at radius 2 is 2.08 bits per heavy atom. The third-order valence-corrected chi connectivity index (χ3v) is 4.64. The van der Waals surface area contributed by atoms with Gasteiger partial charge in [-0.15, -0.1) is 0 Å². The van der Waals surface area contributed by atoms with E-state index in [-0.39, 0.29) is 17.7 Å². The number of nitrogens with one attached hydrogen (secondary N) is 2. The zero-order chi connectivity index (χ0) is 16.9. The Kier molecular flexibility index (Phi) is 5.35. The molecule has 2 fully saturated rings. The van der Waals surface area contributed by atoms with Gasteiger partial charge in [0, 0.05) is 31.1 Å². The minimum absolute atomic E-state index is 0.110. The molecule has 2 aliphatic heterocycles. The van der Waals surface area contributed by atoms with Gasteiger partial charge >= 0.3 is 0 Å². The summed E-state index contributed by atoms with van der Waals surface area (Å²) in [6.07, 6.45) is 3.15. The molecule has 6 heteroatoms. The average Bonchev–Trinajstić information content (AvgIpc) is 3.28. The molecule has 24 heavy (non-hydrogen) atoms. The van der Waals surface area contributed by atoms with Crippen molar-refractivity contribution in [1.82, 2.24) is 5.32 Å². The fraction of sp³-hybridized carbons (Fsp3) is 0.556. The molecule has 2 atom stereocenters. The Labute approximate surface area is 142 Å². The monoisotopic (exact) mass is 331 g/mol. The Morgan fingerprint density at radius 1 is 1.29 bits per heavy atom. The molecule has 0 radical (unpaired) electrons. The van der Waals surface area contributed by atoms with Crippen LogP contribution in [0.5, 0.6) is 0 Å². The first-order chi connectivity index (χ1) is 11.6. The van der Waals surface area contributed by atoms with E-state index in [0.29, 0.717) is 13.2 Å². The van der Waals surface area contributed by atoms with Crippen LogP contribution in [-0.2, 0) is 14.3 Å². The van der Waals surface area contributed by atoms with Gasteiger partial charge in [0.2, 0.25) is 11.8 Å². The summed E-state index contributed by atoms with van der Waals surface area (Å²) >= 11 is 0. The molecule has 2 saturated heterocycles. The number of carbonyl (C=O) groups is 2. The third kappa shape index (κ3) is 4.06. The van der Waals surface area contributed by atoms with E-state index in [0.717, 1.165) is 30.9 Å². The van der Waals surface area contributed by atoms with Crippen LogP contribution >= 0.6 is 0 Å². The average molecular weight is 331 g/mol. The molecular formula is C18H25N3O3. The summed E-state index contributed by atoms with van der Waals surface area (Å²) in [6.45, 7) is 4.88. The number of hydrogen-bond donors (Lipinski definition) is 2. The van der Waals surface area contributed by atoms with Gasteiger partial charge in [0.1, 0.15) is 6.04 Å². The summed E-state index contributed by atoms with van der Waals surface area (Å²) in [5.41, 5.74) is 1.89. The molecule has 1 aromatic rings. The van der Waals surface area contributed by atoms with Crippen molar-refractivity contribution in [2.45, 2.75) is 32.2 Å². The first kappa shape index (κ1) is 16.8. The number of anilines is 2. The highest BCUT2D eigenvalue weighted by Gasteiger charge is 2.26. The standard InChI is InChI=1S/C18H25N3O3/c1-13(19-18(23)14-7-10-24-12-14)17(22)20-15-5-4-6-16(11-15)21-8-2-3-9-21/h4-6,11,13-14H,2-3,7-10,12H2,1H3,(H,19,23)(H,20,22)/t13-,14+/m1/s1. The van der Waals surface area contributed by atoms with E-state index in [9.17, 15) is 9.59 Å². The first-order valence-electron chi connectivity index (χ1n) is 8.67. The second-order valence-corrected chi connectivity index (χ2v) is 6.52. The lowest BCUT2D eigenvalue weighted by Gasteiger charge is -2.19. The molecule has 2 amide bonds. The van der Waals surface area contributed by atoms with E-state index in [1.807, 2.05) is 18.2 Å². The summed E-state index contributed by atoms with van der Waals surface area (Å²) in [6, 6.07) is 7.29. The molecule has 0 bridgehead atoms. The fourth-order valence-electron chi connectivity index (χ4n) is 3.14. The minimum atomic E-state index is -0.575. The maximum Gasteiger partial charge on any atom is 0.246 e. The van der Waals surface area contributed by atoms with E-state index in [1.165, 1.54) is 12.8 Å². The second-order valence-electron chi connectivity index (χ2n) is 6.52. The highest BCUT2D eigenvalue weighted by atomic mass is 16.5. The summed E-state index contributed by atoms with van der Waals surface area (Å²) in [5, 5.41) is 5.66. The van der Waals surface area contributed by atoms with Gasteiger partial charge in [-0.1, -0.05) is 6.07 Å². The number of ether oxygens (including phenoxy) is 1. The lowest BCUT2D eigenvalue weighted by atomic mass is 10.1. The lowest BCUT2D eigenvalue weighted by Crippen LogP contribution is -2.44. The third-order valence-electron chi connectivity index (χ3n) is 4.64. The van der Waals surface area contributed by atoms with Crippen LogP contribution in [-0.4, -0.2) is 44.2 Å². The maximum absolute atomic E-state index is 12.3. The molecule has 2 heterocycles. The predicted octanol–water partition coefficient (Wildman–Crippen LogP) is 1.77. The number of nitrogens with zero attached hydrogens (tertiary/aromatic N) is 1. The molecule has 0 aliphatic carbocycles. The Balaban J connectivity index is 1.55. The molecule has 2 aliphatic rings. The zero-order valence-electron chi connectivity index (χ0n) is 14.1. The molecule has 0 saturated carbocycles. The van der Waals surface area contributed by atoms with Crippen LogP contribution in [0.1, 0.15) is 26.2 Å². The minimum Gasteiger partial charge on any atom is -0.381 e. The molecule has 6 nitrogen and oxygen atoms in total. The van der Waals surface area contributed by atoms with Gasteiger partial charge in [0.15, 0.2) is 0 Å². The van der Waals surface area contributed by atoms with E-state index < -0.39 is 6.04 Å². The lowest BCUT2D eigenvalue weighted by molar-refractivity contribution is -0.129. The first-order valence-corrected chi connectivity index (χ1v) is 8.67. The predicted molar refractivity (Wildman–Crippen MR) is 93.0 cm³/mol. The van der Waals surface area contributed by atoms with Crippen molar-refractivity contribution in [2.75, 3.05) is 36.5 Å². The van der Waals surface area contributed by atoms with Gasteiger partial charge < -0.3 is 20.3 Å². The second kappa shape index (κ2) is 7.66. The maximum atomic E-state index is 12.3. The fourth-order valence-corrected chi connectivity index (χ4v) is 3.14. The van der Waals surface area contributed by atoms with Crippen LogP contribution in [0, 0.1) is 5.92 Å². The van der Waals surface area contributed by atoms with Gasteiger partial charge in [-0.3, -0.25) is 9.59 Å². The van der Waals surface area contributed by atoms with Crippen molar-refractivity contribution in [2.24, 2.45) is 5.92 Å². The van der Waals surface area contributed by atoms with Gasteiger partial charge in [-0.2, -0.15) is 0 Å². The number of hydrogen-bond acceptors (Lipinski definition) is 4. The number of benzene rings is 1. The normalized spacial score (nSPS) is 21.5. The smallest absolute Gasteiger partial charge is 0.246 e. The van der Waals surface area contributed by atoms with Crippen molar-refractivity contribution >= 4 is 23.2 Å². The van der Waals surface area contributed by atoms with Crippen LogP contribution in [0.3, 0.4) is 0 Å². The van der Waals surface area contributed by atoms with E-state index >= 15 is 0 Å². The number of amides is 2. The Bertz CT molecular complexity index is 593. The molecule has 0 unspecified atom stereocenters. The molecule has 2 N–H and O–H groups in total. The van der Waals surface area contributed by atoms with Crippen LogP contribution in [0.15, 0.2) is 24.3 Å². The van der Waals surface area contributed by atoms with Crippen molar-refractivity contribution in [3.8, 4) is 0 Å². The highest BCUT2D eigenvalue weighted by molar-refractivity contribution is 5.97. The topological polar surface area (TPSA) is 70.7 Å². The Hall–Kier alpha value is -2.08. The molecule has 1 aromatic carbocycles. The van der Waals surface area contributed by atoms with Crippen LogP contribution in [0.2, 0.25) is 0 Å². The SMILES string of the molecule is C[C@@H](NC(=O)[C@H]1CCOC1)C(=O)Nc1cccc(N2CCCC2)c1. The van der Waals surface area contributed by atoms with Gasteiger partial charge in [0.05, 0.1) is 12.5 Å². The molecular weight excluding hydrogens is 306 g/mol. The Morgan fingerprint density at radius 3 is 2.79 bits per heavy atom. The highest BCUT2D eigenvalue weighted by Crippen LogP contribution is 2.23. The van der Waals surface area contributed by atoms with E-state index in [4.69, 9.17) is 4.74 Å². The molecule has 3 rings (SSSR count). The van der Waals surface area contributed by atoms with Crippen molar-refractivity contribution in [3.63, 3.8) is 0 Å². The van der Waals surface area contributed by atoms with Crippen molar-refractivity contribution in [3.05, 3.63) is 24.3 Å². The van der Waals surface area contributed by atoms with Crippen molar-refractivity contribution in [1.29, 1.82) is 0 Å². The summed E-state index contributed by atoms with van der Waals surface area (Å²) in [4.78, 5) is 26.7. The molecule has 130 valence electrons. The summed E-state index contributed by atoms with van der Waals surface area (Å²) in [5.74, 6) is -0.458. The number of rotatable bonds is 5. The van der Waals surface area contributed by atoms with Crippen molar-refractivity contribution < 1.29 is 14.3 Å². The van der Waals surface area contributed by atoms with Crippen LogP contribution < -0.4 is 15.5 Å². The summed E-state index contributed by atoms with van der Waals surface area (Å²) in [7, 11) is 0. The van der Waals surface area contributed by atoms with Crippen LogP contribution in [0.25, 0.3) is 0 Å². The van der Waals surface area contributed by atoms with E-state index in [2.05, 4.69) is 21.6 Å². The quantitative estimate of drug-likeness (QED) is 0.863. The van der Waals surface area contributed by atoms with Gasteiger partial charge in [0.25, 0.3) is 0 Å². The van der Waals surface area contributed by atoms with Crippen LogP contribution in [0.4, 0.5) is 11.4 Å².